The first-order valence-electron chi connectivity index (χ1n) is 6.46. The van der Waals surface area contributed by atoms with Gasteiger partial charge < -0.3 is 10.0 Å². The summed E-state index contributed by atoms with van der Waals surface area (Å²) < 4.78 is 0. The van der Waals surface area contributed by atoms with Gasteiger partial charge in [0, 0.05) is 18.7 Å². The molecule has 1 amide bonds. The Morgan fingerprint density at radius 2 is 1.89 bits per heavy atom. The van der Waals surface area contributed by atoms with Crippen LogP contribution in [0.5, 0.6) is 0 Å². The molecule has 1 heterocycles. The number of amides is 1. The number of aliphatic hydroxyl groups is 1. The predicted octanol–water partition coefficient (Wildman–Crippen LogP) is 2.19. The van der Waals surface area contributed by atoms with E-state index in [4.69, 9.17) is 0 Å². The summed E-state index contributed by atoms with van der Waals surface area (Å²) in [5.74, 6) is 0.0204. The van der Waals surface area contributed by atoms with E-state index in [0.717, 1.165) is 0 Å². The molecular formula is C15H21NO2. The number of carbonyl (C=O) groups is 1. The minimum Gasteiger partial charge on any atom is -0.391 e. The highest BCUT2D eigenvalue weighted by Crippen LogP contribution is 2.23. The van der Waals surface area contributed by atoms with Crippen LogP contribution < -0.4 is 0 Å². The minimum absolute atomic E-state index is 0.0204. The van der Waals surface area contributed by atoms with E-state index < -0.39 is 0 Å². The van der Waals surface area contributed by atoms with Crippen LogP contribution in [0.3, 0.4) is 0 Å². The van der Waals surface area contributed by atoms with Crippen molar-refractivity contribution in [2.75, 3.05) is 13.1 Å². The normalized spacial score (nSPS) is 20.2. The van der Waals surface area contributed by atoms with Gasteiger partial charge >= 0.3 is 0 Å². The van der Waals surface area contributed by atoms with Gasteiger partial charge in [-0.15, -0.1) is 0 Å². The number of rotatable bonds is 1. The second-order valence-electron chi connectivity index (χ2n) is 6.02. The number of nitrogens with zero attached hydrogens (tertiary/aromatic N) is 1. The van der Waals surface area contributed by atoms with Crippen molar-refractivity contribution in [2.45, 2.75) is 38.7 Å². The van der Waals surface area contributed by atoms with Gasteiger partial charge in [-0.25, -0.2) is 0 Å². The van der Waals surface area contributed by atoms with Crippen LogP contribution >= 0.6 is 0 Å². The van der Waals surface area contributed by atoms with E-state index in [1.165, 1.54) is 5.56 Å². The van der Waals surface area contributed by atoms with Crippen molar-refractivity contribution in [3.8, 4) is 0 Å². The van der Waals surface area contributed by atoms with Crippen molar-refractivity contribution in [3.05, 3.63) is 35.4 Å². The zero-order valence-electron chi connectivity index (χ0n) is 11.3. The number of carbonyl (C=O) groups excluding carboxylic acids is 1. The van der Waals surface area contributed by atoms with Gasteiger partial charge in [-0.2, -0.15) is 0 Å². The molecule has 98 valence electrons. The van der Waals surface area contributed by atoms with Gasteiger partial charge in [-0.05, 0) is 29.5 Å². The average molecular weight is 247 g/mol. The molecule has 0 aliphatic carbocycles. The number of hydrogen-bond donors (Lipinski definition) is 1. The van der Waals surface area contributed by atoms with E-state index in [1.54, 1.807) is 4.90 Å². The van der Waals surface area contributed by atoms with Gasteiger partial charge in [0.15, 0.2) is 0 Å². The van der Waals surface area contributed by atoms with Crippen LogP contribution in [0.15, 0.2) is 24.3 Å². The third kappa shape index (κ3) is 2.72. The maximum absolute atomic E-state index is 12.2. The second kappa shape index (κ2) is 4.73. The highest BCUT2D eigenvalue weighted by atomic mass is 16.3. The Bertz CT molecular complexity index is 431. The fourth-order valence-corrected chi connectivity index (χ4v) is 2.22. The molecular weight excluding hydrogens is 226 g/mol. The highest BCUT2D eigenvalue weighted by molar-refractivity contribution is 5.94. The number of β-amino-alcohol motifs (C(OH)–C–C–N with tert-alkyl or cyclic N) is 1. The first-order chi connectivity index (χ1) is 8.38. The zero-order chi connectivity index (χ0) is 13.3. The molecule has 2 rings (SSSR count). The van der Waals surface area contributed by atoms with Gasteiger partial charge in [0.05, 0.1) is 6.10 Å². The zero-order valence-corrected chi connectivity index (χ0v) is 11.3. The van der Waals surface area contributed by atoms with Crippen molar-refractivity contribution < 1.29 is 9.90 Å². The number of benzene rings is 1. The molecule has 3 nitrogen and oxygen atoms in total. The van der Waals surface area contributed by atoms with Crippen molar-refractivity contribution in [1.29, 1.82) is 0 Å². The van der Waals surface area contributed by atoms with Crippen LogP contribution in [0.2, 0.25) is 0 Å². The molecule has 1 aromatic carbocycles. The summed E-state index contributed by atoms with van der Waals surface area (Å²) in [4.78, 5) is 13.9. The smallest absolute Gasteiger partial charge is 0.253 e. The molecule has 1 fully saturated rings. The lowest BCUT2D eigenvalue weighted by molar-refractivity contribution is 0.0765. The number of likely N-dealkylation sites (tertiary alicyclic amines) is 1. The Labute approximate surface area is 108 Å². The van der Waals surface area contributed by atoms with E-state index in [-0.39, 0.29) is 17.4 Å². The van der Waals surface area contributed by atoms with Gasteiger partial charge in [-0.1, -0.05) is 32.9 Å². The molecule has 3 heteroatoms. The Morgan fingerprint density at radius 1 is 1.28 bits per heavy atom. The third-order valence-corrected chi connectivity index (χ3v) is 3.45. The monoisotopic (exact) mass is 247 g/mol. The molecule has 1 aliphatic heterocycles. The molecule has 0 spiro atoms. The maximum atomic E-state index is 12.2. The summed E-state index contributed by atoms with van der Waals surface area (Å²) in [6.45, 7) is 7.57. The molecule has 0 radical (unpaired) electrons. The lowest BCUT2D eigenvalue weighted by Gasteiger charge is -2.20. The Hall–Kier alpha value is -1.35. The lowest BCUT2D eigenvalue weighted by Crippen LogP contribution is -2.29. The topological polar surface area (TPSA) is 40.5 Å². The molecule has 1 aliphatic rings. The lowest BCUT2D eigenvalue weighted by atomic mass is 9.86. The Balaban J connectivity index is 2.12. The van der Waals surface area contributed by atoms with Crippen LogP contribution in [0.1, 0.15) is 43.1 Å². The summed E-state index contributed by atoms with van der Waals surface area (Å²) in [6.07, 6.45) is 0.328. The van der Waals surface area contributed by atoms with Crippen LogP contribution in [0, 0.1) is 0 Å². The van der Waals surface area contributed by atoms with Crippen molar-refractivity contribution in [3.63, 3.8) is 0 Å². The van der Waals surface area contributed by atoms with E-state index in [2.05, 4.69) is 20.8 Å². The molecule has 1 saturated heterocycles. The van der Waals surface area contributed by atoms with Crippen molar-refractivity contribution in [2.24, 2.45) is 0 Å². The molecule has 1 atom stereocenters. The molecule has 0 bridgehead atoms. The number of aliphatic hydroxyl groups excluding tert-OH is 1. The molecule has 1 aromatic rings. The fraction of sp³-hybridized carbons (Fsp3) is 0.533. The highest BCUT2D eigenvalue weighted by Gasteiger charge is 2.25. The van der Waals surface area contributed by atoms with Gasteiger partial charge in [0.1, 0.15) is 0 Å². The quantitative estimate of drug-likeness (QED) is 0.826. The fourth-order valence-electron chi connectivity index (χ4n) is 2.22. The molecule has 18 heavy (non-hydrogen) atoms. The first-order valence-corrected chi connectivity index (χ1v) is 6.46. The van der Waals surface area contributed by atoms with E-state index in [0.29, 0.717) is 25.1 Å². The Kier molecular flexibility index (Phi) is 3.44. The first kappa shape index (κ1) is 13.1. The summed E-state index contributed by atoms with van der Waals surface area (Å²) in [6, 6.07) is 7.79. The SMILES string of the molecule is CC(C)(C)c1ccc(C(=O)N2CC[C@H](O)C2)cc1. The summed E-state index contributed by atoms with van der Waals surface area (Å²) in [5, 5.41) is 9.45. The molecule has 0 saturated carbocycles. The summed E-state index contributed by atoms with van der Waals surface area (Å²) in [7, 11) is 0. The van der Waals surface area contributed by atoms with Crippen LogP contribution in [0.4, 0.5) is 0 Å². The molecule has 1 N–H and O–H groups in total. The van der Waals surface area contributed by atoms with E-state index in [9.17, 15) is 9.90 Å². The van der Waals surface area contributed by atoms with Gasteiger partial charge in [0.25, 0.3) is 5.91 Å². The summed E-state index contributed by atoms with van der Waals surface area (Å²) >= 11 is 0. The standard InChI is InChI=1S/C15H21NO2/c1-15(2,3)12-6-4-11(5-7-12)14(18)16-9-8-13(17)10-16/h4-7,13,17H,8-10H2,1-3H3/t13-/m0/s1. The van der Waals surface area contributed by atoms with E-state index in [1.807, 2.05) is 24.3 Å². The molecule has 0 unspecified atom stereocenters. The maximum Gasteiger partial charge on any atom is 0.253 e. The average Bonchev–Trinajstić information content (AvgIpc) is 2.74. The minimum atomic E-state index is -0.359. The number of hydrogen-bond acceptors (Lipinski definition) is 2. The summed E-state index contributed by atoms with van der Waals surface area (Å²) in [5.41, 5.74) is 2.03. The van der Waals surface area contributed by atoms with Gasteiger partial charge in [0.2, 0.25) is 0 Å². The molecule has 0 aromatic heterocycles. The van der Waals surface area contributed by atoms with Crippen molar-refractivity contribution >= 4 is 5.91 Å². The Morgan fingerprint density at radius 3 is 2.33 bits per heavy atom. The van der Waals surface area contributed by atoms with E-state index >= 15 is 0 Å². The van der Waals surface area contributed by atoms with Crippen molar-refractivity contribution in [1.82, 2.24) is 4.90 Å². The third-order valence-electron chi connectivity index (χ3n) is 3.45. The van der Waals surface area contributed by atoms with Crippen LogP contribution in [-0.2, 0) is 5.41 Å². The van der Waals surface area contributed by atoms with Crippen LogP contribution in [-0.4, -0.2) is 35.1 Å². The predicted molar refractivity (Wildman–Crippen MR) is 71.7 cm³/mol. The second-order valence-corrected chi connectivity index (χ2v) is 6.02. The van der Waals surface area contributed by atoms with Gasteiger partial charge in [-0.3, -0.25) is 4.79 Å². The largest absolute Gasteiger partial charge is 0.391 e. The van der Waals surface area contributed by atoms with Crippen LogP contribution in [0.25, 0.3) is 0 Å².